The van der Waals surface area contributed by atoms with Crippen LogP contribution in [-0.2, 0) is 0 Å². The standard InChI is InChI=1S/C23H21N3O/c1-17-11-13-18(14-12-17)15-16-22(23(27)19-7-3-2-4-8-19)26-21-10-6-5-9-20(21)24-25-26/h2-16,22-23,27H,1H3. The monoisotopic (exact) mass is 355 g/mol. The Morgan fingerprint density at radius 3 is 2.37 bits per heavy atom. The summed E-state index contributed by atoms with van der Waals surface area (Å²) >= 11 is 0. The molecule has 134 valence electrons. The highest BCUT2D eigenvalue weighted by molar-refractivity contribution is 5.74. The van der Waals surface area contributed by atoms with E-state index >= 15 is 0 Å². The quantitative estimate of drug-likeness (QED) is 0.563. The van der Waals surface area contributed by atoms with E-state index in [0.717, 1.165) is 22.2 Å². The third-order valence-electron chi connectivity index (χ3n) is 4.69. The number of fused-ring (bicyclic) bond motifs is 1. The minimum Gasteiger partial charge on any atom is -0.386 e. The zero-order chi connectivity index (χ0) is 18.6. The van der Waals surface area contributed by atoms with Crippen LogP contribution < -0.4 is 0 Å². The van der Waals surface area contributed by atoms with Gasteiger partial charge >= 0.3 is 0 Å². The molecule has 0 fully saturated rings. The van der Waals surface area contributed by atoms with Crippen LogP contribution in [0.5, 0.6) is 0 Å². The van der Waals surface area contributed by atoms with Gasteiger partial charge in [0.15, 0.2) is 0 Å². The molecular weight excluding hydrogens is 334 g/mol. The fraction of sp³-hybridized carbons (Fsp3) is 0.130. The van der Waals surface area contributed by atoms with E-state index in [2.05, 4.69) is 41.5 Å². The highest BCUT2D eigenvalue weighted by Gasteiger charge is 2.23. The average molecular weight is 355 g/mol. The largest absolute Gasteiger partial charge is 0.386 e. The summed E-state index contributed by atoms with van der Waals surface area (Å²) in [4.78, 5) is 0. The lowest BCUT2D eigenvalue weighted by Gasteiger charge is -2.21. The maximum Gasteiger partial charge on any atom is 0.113 e. The summed E-state index contributed by atoms with van der Waals surface area (Å²) in [5.74, 6) is 0. The van der Waals surface area contributed by atoms with Crippen LogP contribution in [0.3, 0.4) is 0 Å². The normalized spacial score (nSPS) is 13.9. The first-order chi connectivity index (χ1) is 13.2. The Bertz CT molecular complexity index is 1050. The lowest BCUT2D eigenvalue weighted by molar-refractivity contribution is 0.130. The number of aromatic nitrogens is 3. The second-order valence-corrected chi connectivity index (χ2v) is 6.64. The van der Waals surface area contributed by atoms with Gasteiger partial charge in [0, 0.05) is 0 Å². The van der Waals surface area contributed by atoms with Crippen molar-refractivity contribution in [2.45, 2.75) is 19.1 Å². The molecule has 0 aliphatic heterocycles. The molecule has 0 saturated carbocycles. The molecule has 4 rings (SSSR count). The van der Waals surface area contributed by atoms with Crippen molar-refractivity contribution in [2.24, 2.45) is 0 Å². The molecule has 0 saturated heterocycles. The summed E-state index contributed by atoms with van der Waals surface area (Å²) in [7, 11) is 0. The molecular formula is C23H21N3O. The van der Waals surface area contributed by atoms with Crippen LogP contribution in [0, 0.1) is 6.92 Å². The fourth-order valence-electron chi connectivity index (χ4n) is 3.16. The number of aryl methyl sites for hydroxylation is 1. The summed E-state index contributed by atoms with van der Waals surface area (Å²) in [6, 6.07) is 25.4. The van der Waals surface area contributed by atoms with Crippen molar-refractivity contribution in [3.63, 3.8) is 0 Å². The van der Waals surface area contributed by atoms with Gasteiger partial charge in [-0.05, 0) is 30.2 Å². The van der Waals surface area contributed by atoms with Crippen molar-refractivity contribution in [2.75, 3.05) is 0 Å². The maximum absolute atomic E-state index is 11.1. The predicted molar refractivity (Wildman–Crippen MR) is 108 cm³/mol. The second-order valence-electron chi connectivity index (χ2n) is 6.64. The van der Waals surface area contributed by atoms with E-state index in [1.807, 2.05) is 66.7 Å². The molecule has 0 bridgehead atoms. The van der Waals surface area contributed by atoms with Crippen molar-refractivity contribution >= 4 is 17.1 Å². The number of hydrogen-bond donors (Lipinski definition) is 1. The molecule has 4 nitrogen and oxygen atoms in total. The smallest absolute Gasteiger partial charge is 0.113 e. The molecule has 2 unspecified atom stereocenters. The lowest BCUT2D eigenvalue weighted by atomic mass is 10.0. The van der Waals surface area contributed by atoms with Crippen LogP contribution in [0.2, 0.25) is 0 Å². The fourth-order valence-corrected chi connectivity index (χ4v) is 3.16. The summed E-state index contributed by atoms with van der Waals surface area (Å²) < 4.78 is 1.79. The molecule has 1 aromatic heterocycles. The van der Waals surface area contributed by atoms with Crippen molar-refractivity contribution in [3.8, 4) is 0 Å². The van der Waals surface area contributed by atoms with E-state index in [-0.39, 0.29) is 6.04 Å². The molecule has 0 spiro atoms. The number of nitrogens with zero attached hydrogens (tertiary/aromatic N) is 3. The van der Waals surface area contributed by atoms with Gasteiger partial charge in [-0.2, -0.15) is 0 Å². The van der Waals surface area contributed by atoms with E-state index in [4.69, 9.17) is 0 Å². The molecule has 4 aromatic rings. The van der Waals surface area contributed by atoms with Crippen molar-refractivity contribution < 1.29 is 5.11 Å². The second kappa shape index (κ2) is 7.56. The summed E-state index contributed by atoms with van der Waals surface area (Å²) in [6.45, 7) is 2.07. The number of rotatable bonds is 5. The van der Waals surface area contributed by atoms with Gasteiger partial charge in [-0.25, -0.2) is 4.68 Å². The molecule has 3 aromatic carbocycles. The Morgan fingerprint density at radius 1 is 0.889 bits per heavy atom. The minimum absolute atomic E-state index is 0.374. The molecule has 2 atom stereocenters. The first kappa shape index (κ1) is 17.2. The van der Waals surface area contributed by atoms with Gasteiger partial charge in [-0.1, -0.05) is 89.7 Å². The minimum atomic E-state index is -0.738. The number of aliphatic hydroxyl groups is 1. The van der Waals surface area contributed by atoms with Gasteiger partial charge in [0.2, 0.25) is 0 Å². The van der Waals surface area contributed by atoms with Crippen molar-refractivity contribution in [3.05, 3.63) is 102 Å². The van der Waals surface area contributed by atoms with Crippen LogP contribution >= 0.6 is 0 Å². The van der Waals surface area contributed by atoms with Crippen LogP contribution in [-0.4, -0.2) is 20.1 Å². The highest BCUT2D eigenvalue weighted by Crippen LogP contribution is 2.30. The first-order valence-corrected chi connectivity index (χ1v) is 9.00. The molecule has 1 N–H and O–H groups in total. The van der Waals surface area contributed by atoms with E-state index < -0.39 is 6.10 Å². The Labute approximate surface area is 158 Å². The van der Waals surface area contributed by atoms with Crippen LogP contribution in [0.1, 0.15) is 28.8 Å². The number of para-hydroxylation sites is 1. The van der Waals surface area contributed by atoms with Crippen molar-refractivity contribution in [1.29, 1.82) is 0 Å². The number of hydrogen-bond acceptors (Lipinski definition) is 3. The number of aliphatic hydroxyl groups excluding tert-OH is 1. The Hall–Kier alpha value is -3.24. The maximum atomic E-state index is 11.1. The van der Waals surface area contributed by atoms with Crippen molar-refractivity contribution in [1.82, 2.24) is 15.0 Å². The van der Waals surface area contributed by atoms with E-state index in [1.54, 1.807) is 4.68 Å². The topological polar surface area (TPSA) is 50.9 Å². The summed E-state index contributed by atoms with van der Waals surface area (Å²) in [5, 5.41) is 19.7. The average Bonchev–Trinajstić information content (AvgIpc) is 3.14. The molecule has 0 radical (unpaired) electrons. The summed E-state index contributed by atoms with van der Waals surface area (Å²) in [6.07, 6.45) is 3.27. The van der Waals surface area contributed by atoms with Gasteiger partial charge < -0.3 is 5.11 Å². The SMILES string of the molecule is Cc1ccc(C=CC(C(O)c2ccccc2)n2nnc3ccccc32)cc1. The molecule has 1 heterocycles. The summed E-state index contributed by atoms with van der Waals surface area (Å²) in [5.41, 5.74) is 4.85. The van der Waals surface area contributed by atoms with E-state index in [9.17, 15) is 5.11 Å². The molecule has 0 aliphatic carbocycles. The van der Waals surface area contributed by atoms with E-state index in [1.165, 1.54) is 5.56 Å². The molecule has 0 aliphatic rings. The predicted octanol–water partition coefficient (Wildman–Crippen LogP) is 4.73. The molecule has 4 heteroatoms. The van der Waals surface area contributed by atoms with Gasteiger partial charge in [0.05, 0.1) is 5.52 Å². The van der Waals surface area contributed by atoms with Gasteiger partial charge in [-0.15, -0.1) is 5.10 Å². The van der Waals surface area contributed by atoms with E-state index in [0.29, 0.717) is 0 Å². The van der Waals surface area contributed by atoms with Crippen LogP contribution in [0.4, 0.5) is 0 Å². The third-order valence-corrected chi connectivity index (χ3v) is 4.69. The first-order valence-electron chi connectivity index (χ1n) is 9.00. The number of benzene rings is 3. The lowest BCUT2D eigenvalue weighted by Crippen LogP contribution is -2.17. The Kier molecular flexibility index (Phi) is 4.81. The molecule has 27 heavy (non-hydrogen) atoms. The zero-order valence-electron chi connectivity index (χ0n) is 15.1. The van der Waals surface area contributed by atoms with Crippen LogP contribution in [0.25, 0.3) is 17.1 Å². The Morgan fingerprint density at radius 2 is 1.59 bits per heavy atom. The van der Waals surface area contributed by atoms with Gasteiger partial charge in [0.1, 0.15) is 17.7 Å². The Balaban J connectivity index is 1.76. The van der Waals surface area contributed by atoms with Gasteiger partial charge in [-0.3, -0.25) is 0 Å². The van der Waals surface area contributed by atoms with Crippen LogP contribution in [0.15, 0.2) is 84.9 Å². The highest BCUT2D eigenvalue weighted by atomic mass is 16.3. The third kappa shape index (κ3) is 3.66. The molecule has 0 amide bonds. The zero-order valence-corrected chi connectivity index (χ0v) is 15.1. The van der Waals surface area contributed by atoms with Gasteiger partial charge in [0.25, 0.3) is 0 Å².